The van der Waals surface area contributed by atoms with Crippen molar-refractivity contribution in [1.82, 2.24) is 31.6 Å². The van der Waals surface area contributed by atoms with Gasteiger partial charge in [-0.2, -0.15) is 0 Å². The number of phenolic OH excluding ortho intramolecular Hbond substituents is 1. The van der Waals surface area contributed by atoms with Gasteiger partial charge in [0.1, 0.15) is 40.6 Å². The largest absolute Gasteiger partial charge is 0.508 e. The summed E-state index contributed by atoms with van der Waals surface area (Å²) in [7, 11) is 0. The van der Waals surface area contributed by atoms with E-state index in [9.17, 15) is 39.2 Å². The fraction of sp³-hybridized carbons (Fsp3) is 0.350. The molecule has 0 unspecified atom stereocenters. The van der Waals surface area contributed by atoms with Gasteiger partial charge in [-0.3, -0.25) is 19.2 Å². The molecule has 19 nitrogen and oxygen atoms in total. The number of fused-ring (bicyclic) bond motifs is 1. The Labute approximate surface area is 339 Å². The van der Waals surface area contributed by atoms with Gasteiger partial charge < -0.3 is 52.9 Å². The molecular formula is C40H50N10O9. The van der Waals surface area contributed by atoms with Crippen LogP contribution in [0.5, 0.6) is 5.75 Å². The highest BCUT2D eigenvalue weighted by Crippen LogP contribution is 2.19. The molecule has 3 aromatic carbocycles. The standard InChI is InChI=1S/C40H50N10O9/c1-40(2,3)59-39(56)48-33(21-25-15-17-27(51)18-16-25)37(55)47-32(20-24-10-5-4-6-11-24)36(54)45-30(14-9-19-43-38(42)49-50(57)58)35(53)46-31(34(41)52)22-26-23-44-29-13-8-7-12-28(26)29/h4-8,10-13,15-18,23,30-33,44,51H,9,14,19-22H2,1-3H3,(H2,41,52)(H,45,54)(H,46,53)(H,47,55)(H,48,56)(H3,42,43,49)/t30-,31-,32+,33-/m0/s1. The molecule has 4 atom stereocenters. The predicted octanol–water partition coefficient (Wildman–Crippen LogP) is 1.61. The molecule has 4 aromatic rings. The number of nitrogens with two attached hydrogens (primary N) is 2. The molecule has 19 heteroatoms. The highest BCUT2D eigenvalue weighted by atomic mass is 16.7. The fourth-order valence-electron chi connectivity index (χ4n) is 6.06. The number of hydrazone groups is 1. The number of carbonyl (C=O) groups excluding carboxylic acids is 5. The summed E-state index contributed by atoms with van der Waals surface area (Å²) in [5.41, 5.74) is 13.2. The molecule has 0 saturated heterocycles. The lowest BCUT2D eigenvalue weighted by molar-refractivity contribution is -0.485. The Hall–Kier alpha value is -7.18. The number of amides is 5. The number of phenols is 1. The number of hydrogen-bond donors (Lipinski definition) is 9. The van der Waals surface area contributed by atoms with Crippen molar-refractivity contribution in [2.24, 2.45) is 16.6 Å². The van der Waals surface area contributed by atoms with Crippen LogP contribution in [0.1, 0.15) is 50.3 Å². The number of H-pyrrole nitrogens is 1. The Morgan fingerprint density at radius 3 is 1.97 bits per heavy atom. The molecule has 314 valence electrons. The molecular weight excluding hydrogens is 765 g/mol. The van der Waals surface area contributed by atoms with Crippen LogP contribution in [-0.2, 0) is 43.2 Å². The summed E-state index contributed by atoms with van der Waals surface area (Å²) in [6.07, 6.45) is 0.831. The summed E-state index contributed by atoms with van der Waals surface area (Å²) in [5, 5.41) is 36.6. The van der Waals surface area contributed by atoms with Crippen molar-refractivity contribution in [2.45, 2.75) is 82.6 Å². The number of carbonyl (C=O) groups is 5. The summed E-state index contributed by atoms with van der Waals surface area (Å²) < 4.78 is 5.40. The number of guanidine groups is 1. The SMILES string of the molecule is CC(C)(C)OC(=O)N[C@@H](Cc1ccc(O)cc1)C(=O)N[C@H](Cc1ccccc1)C(=O)N[C@@H](CCCN/C(N)=N/[N+](=O)[O-])C(=O)N[C@@H](Cc1c[nH]c2ccccc12)C(N)=O. The van der Waals surface area contributed by atoms with E-state index in [1.54, 1.807) is 69.4 Å². The monoisotopic (exact) mass is 814 g/mol. The number of nitro groups is 1. The lowest BCUT2D eigenvalue weighted by atomic mass is 10.0. The fourth-order valence-corrected chi connectivity index (χ4v) is 6.06. The number of aromatic hydroxyl groups is 1. The molecule has 0 fully saturated rings. The quantitative estimate of drug-likeness (QED) is 0.0215. The van der Waals surface area contributed by atoms with E-state index in [4.69, 9.17) is 16.2 Å². The number of aromatic nitrogens is 1. The van der Waals surface area contributed by atoms with Crippen LogP contribution in [0.25, 0.3) is 10.9 Å². The van der Waals surface area contributed by atoms with E-state index in [1.807, 2.05) is 24.3 Å². The zero-order valence-electron chi connectivity index (χ0n) is 32.9. The minimum atomic E-state index is -1.31. The summed E-state index contributed by atoms with van der Waals surface area (Å²) in [6, 6.07) is 17.1. The number of rotatable bonds is 19. The number of nitrogens with zero attached hydrogens (tertiary/aromatic N) is 2. The van der Waals surface area contributed by atoms with Crippen LogP contribution in [-0.4, -0.2) is 87.1 Å². The van der Waals surface area contributed by atoms with E-state index in [2.05, 4.69) is 36.7 Å². The second-order valence-corrected chi connectivity index (χ2v) is 14.7. The number of hydrogen-bond acceptors (Lipinski definition) is 9. The third-order valence-electron chi connectivity index (χ3n) is 8.86. The molecule has 5 amide bonds. The Morgan fingerprint density at radius 1 is 0.780 bits per heavy atom. The second-order valence-electron chi connectivity index (χ2n) is 14.7. The average Bonchev–Trinajstić information content (AvgIpc) is 3.57. The maximum absolute atomic E-state index is 14.2. The highest BCUT2D eigenvalue weighted by Gasteiger charge is 2.32. The molecule has 0 spiro atoms. The number of primary amides is 1. The number of para-hydroxylation sites is 1. The zero-order valence-corrected chi connectivity index (χ0v) is 32.9. The van der Waals surface area contributed by atoms with Crippen molar-refractivity contribution in [3.8, 4) is 5.75 Å². The van der Waals surface area contributed by atoms with Crippen molar-refractivity contribution in [3.05, 3.63) is 112 Å². The Bertz CT molecular complexity index is 2120. The molecule has 11 N–H and O–H groups in total. The van der Waals surface area contributed by atoms with E-state index in [0.29, 0.717) is 16.7 Å². The number of ether oxygens (including phenoxy) is 1. The molecule has 0 saturated carbocycles. The summed E-state index contributed by atoms with van der Waals surface area (Å²) in [4.78, 5) is 81.7. The maximum Gasteiger partial charge on any atom is 0.408 e. The van der Waals surface area contributed by atoms with Crippen LogP contribution in [0.15, 0.2) is 90.2 Å². The van der Waals surface area contributed by atoms with Gasteiger partial charge in [-0.25, -0.2) is 14.9 Å². The molecule has 0 aliphatic carbocycles. The number of alkyl carbamates (subject to hydrolysis) is 1. The first-order chi connectivity index (χ1) is 28.0. The number of nitrogens with one attached hydrogen (secondary N) is 6. The van der Waals surface area contributed by atoms with Crippen molar-refractivity contribution in [1.29, 1.82) is 0 Å². The Balaban J connectivity index is 1.60. The maximum atomic E-state index is 14.2. The van der Waals surface area contributed by atoms with Gasteiger partial charge in [0.25, 0.3) is 5.96 Å². The van der Waals surface area contributed by atoms with Gasteiger partial charge in [0, 0.05) is 42.9 Å². The lowest BCUT2D eigenvalue weighted by Crippen LogP contribution is -2.59. The molecule has 1 aromatic heterocycles. The van der Waals surface area contributed by atoms with Gasteiger partial charge in [-0.1, -0.05) is 60.7 Å². The molecule has 0 aliphatic heterocycles. The Morgan fingerprint density at radius 2 is 1.34 bits per heavy atom. The normalized spacial score (nSPS) is 13.6. The Kier molecular flexibility index (Phi) is 15.7. The van der Waals surface area contributed by atoms with E-state index in [0.717, 1.165) is 10.9 Å². The van der Waals surface area contributed by atoms with Crippen molar-refractivity contribution >= 4 is 46.6 Å². The van der Waals surface area contributed by atoms with Crippen LogP contribution in [0, 0.1) is 10.1 Å². The van der Waals surface area contributed by atoms with Gasteiger partial charge in [0.15, 0.2) is 5.03 Å². The predicted molar refractivity (Wildman–Crippen MR) is 218 cm³/mol. The van der Waals surface area contributed by atoms with Crippen LogP contribution in [0.2, 0.25) is 0 Å². The van der Waals surface area contributed by atoms with E-state index < -0.39 is 70.5 Å². The van der Waals surface area contributed by atoms with Gasteiger partial charge in [-0.05, 0) is 68.5 Å². The van der Waals surface area contributed by atoms with E-state index in [-0.39, 0.29) is 44.4 Å². The number of aromatic amines is 1. The zero-order chi connectivity index (χ0) is 43.1. The minimum Gasteiger partial charge on any atom is -0.508 e. The summed E-state index contributed by atoms with van der Waals surface area (Å²) in [5.74, 6) is -3.60. The summed E-state index contributed by atoms with van der Waals surface area (Å²) >= 11 is 0. The first kappa shape index (κ1) is 44.5. The first-order valence-corrected chi connectivity index (χ1v) is 18.8. The third kappa shape index (κ3) is 14.7. The van der Waals surface area contributed by atoms with E-state index >= 15 is 0 Å². The lowest BCUT2D eigenvalue weighted by Gasteiger charge is -2.27. The first-order valence-electron chi connectivity index (χ1n) is 18.8. The van der Waals surface area contributed by atoms with Gasteiger partial charge in [-0.15, -0.1) is 0 Å². The minimum absolute atomic E-state index is 0.00269. The van der Waals surface area contributed by atoms with Crippen LogP contribution >= 0.6 is 0 Å². The van der Waals surface area contributed by atoms with Crippen molar-refractivity contribution in [2.75, 3.05) is 6.54 Å². The van der Waals surface area contributed by atoms with Crippen molar-refractivity contribution in [3.63, 3.8) is 0 Å². The summed E-state index contributed by atoms with van der Waals surface area (Å²) in [6.45, 7) is 4.99. The highest BCUT2D eigenvalue weighted by molar-refractivity contribution is 5.95. The van der Waals surface area contributed by atoms with Crippen LogP contribution in [0.4, 0.5) is 4.79 Å². The van der Waals surface area contributed by atoms with Crippen molar-refractivity contribution < 1.29 is 38.8 Å². The molecule has 0 bridgehead atoms. The molecule has 59 heavy (non-hydrogen) atoms. The van der Waals surface area contributed by atoms with Crippen LogP contribution < -0.4 is 38.1 Å². The van der Waals surface area contributed by atoms with Gasteiger partial charge in [0.05, 0.1) is 0 Å². The topological polar surface area (TPSA) is 298 Å². The molecule has 4 rings (SSSR count). The third-order valence-corrected chi connectivity index (χ3v) is 8.86. The molecule has 0 aliphatic rings. The smallest absolute Gasteiger partial charge is 0.408 e. The second kappa shape index (κ2) is 20.8. The average molecular weight is 815 g/mol. The number of benzene rings is 3. The molecule has 1 heterocycles. The van der Waals surface area contributed by atoms with Gasteiger partial charge >= 0.3 is 6.09 Å². The van der Waals surface area contributed by atoms with Gasteiger partial charge in [0.2, 0.25) is 23.6 Å². The van der Waals surface area contributed by atoms with Crippen LogP contribution in [0.3, 0.4) is 0 Å². The van der Waals surface area contributed by atoms with E-state index in [1.165, 1.54) is 12.1 Å². The molecule has 0 radical (unpaired) electrons.